The maximum absolute atomic E-state index is 13.0. The number of rotatable bonds is 4. The van der Waals surface area contributed by atoms with Crippen LogP contribution in [0.15, 0.2) is 91.0 Å². The summed E-state index contributed by atoms with van der Waals surface area (Å²) in [5, 5.41) is 2.48. The van der Waals surface area contributed by atoms with Crippen molar-refractivity contribution in [3.63, 3.8) is 0 Å². The fourth-order valence-corrected chi connectivity index (χ4v) is 5.02. The van der Waals surface area contributed by atoms with Crippen molar-refractivity contribution in [2.45, 2.75) is 25.8 Å². The summed E-state index contributed by atoms with van der Waals surface area (Å²) < 4.78 is 2.30. The molecule has 0 bridgehead atoms. The molecule has 0 N–H and O–H groups in total. The van der Waals surface area contributed by atoms with Gasteiger partial charge in [0.15, 0.2) is 0 Å². The van der Waals surface area contributed by atoms with E-state index in [1.165, 1.54) is 16.3 Å². The molecule has 33 heavy (non-hydrogen) atoms. The maximum atomic E-state index is 13.0. The van der Waals surface area contributed by atoms with Crippen LogP contribution in [0.25, 0.3) is 21.8 Å². The molecular weight excluding hydrogens is 406 g/mol. The van der Waals surface area contributed by atoms with Crippen molar-refractivity contribution >= 4 is 33.4 Å². The summed E-state index contributed by atoms with van der Waals surface area (Å²) in [4.78, 5) is 19.9. The van der Waals surface area contributed by atoms with Crippen molar-refractivity contribution in [2.24, 2.45) is 0 Å². The van der Waals surface area contributed by atoms with Crippen LogP contribution in [0, 0.1) is 6.92 Å². The molecule has 1 unspecified atom stereocenters. The molecule has 0 aliphatic carbocycles. The molecule has 0 spiro atoms. The Hall–Kier alpha value is -3.92. The average molecular weight is 432 g/mol. The minimum Gasteiger partial charge on any atom is -0.323 e. The zero-order valence-electron chi connectivity index (χ0n) is 18.6. The van der Waals surface area contributed by atoms with Crippen molar-refractivity contribution in [3.8, 4) is 0 Å². The van der Waals surface area contributed by atoms with E-state index in [2.05, 4.69) is 84.3 Å². The number of aromatic nitrogens is 2. The van der Waals surface area contributed by atoms with Gasteiger partial charge >= 0.3 is 0 Å². The quantitative estimate of drug-likeness (QED) is 0.347. The van der Waals surface area contributed by atoms with Crippen LogP contribution in [0.4, 0.5) is 5.69 Å². The van der Waals surface area contributed by atoms with Crippen LogP contribution in [-0.2, 0) is 11.3 Å². The number of amides is 1. The summed E-state index contributed by atoms with van der Waals surface area (Å²) in [7, 11) is 0. The van der Waals surface area contributed by atoms with E-state index in [1.54, 1.807) is 0 Å². The monoisotopic (exact) mass is 431 g/mol. The van der Waals surface area contributed by atoms with E-state index >= 15 is 0 Å². The van der Waals surface area contributed by atoms with E-state index in [4.69, 9.17) is 4.98 Å². The van der Waals surface area contributed by atoms with Gasteiger partial charge in [-0.2, -0.15) is 0 Å². The van der Waals surface area contributed by atoms with Crippen LogP contribution in [0.5, 0.6) is 0 Å². The van der Waals surface area contributed by atoms with Gasteiger partial charge in [-0.1, -0.05) is 60.7 Å². The number of aryl methyl sites for hydroxylation is 1. The molecular formula is C29H25N3O. The minimum absolute atomic E-state index is 0.0610. The molecule has 1 aromatic heterocycles. The summed E-state index contributed by atoms with van der Waals surface area (Å²) in [5.41, 5.74) is 5.46. The summed E-state index contributed by atoms with van der Waals surface area (Å²) in [6.07, 6.45) is 0.481. The number of fused-ring (bicyclic) bond motifs is 2. The SMILES string of the molecule is Cc1cccc(N2CC(c3nc4ccccc4n3Cc3ccc4ccccc4c3)CC2=O)c1. The zero-order chi connectivity index (χ0) is 22.4. The third-order valence-corrected chi connectivity index (χ3v) is 6.64. The molecule has 4 heteroatoms. The fourth-order valence-electron chi connectivity index (χ4n) is 5.02. The third-order valence-electron chi connectivity index (χ3n) is 6.64. The highest BCUT2D eigenvalue weighted by Gasteiger charge is 2.34. The Labute approximate surface area is 193 Å². The molecule has 4 aromatic carbocycles. The van der Waals surface area contributed by atoms with Gasteiger partial charge < -0.3 is 9.47 Å². The molecule has 1 aliphatic heterocycles. The lowest BCUT2D eigenvalue weighted by molar-refractivity contribution is -0.117. The number of hydrogen-bond donors (Lipinski definition) is 0. The fraction of sp³-hybridized carbons (Fsp3) is 0.172. The van der Waals surface area contributed by atoms with Gasteiger partial charge in [-0.25, -0.2) is 4.98 Å². The van der Waals surface area contributed by atoms with E-state index in [0.717, 1.165) is 34.7 Å². The van der Waals surface area contributed by atoms with Gasteiger partial charge in [-0.15, -0.1) is 0 Å². The zero-order valence-corrected chi connectivity index (χ0v) is 18.6. The normalized spacial score (nSPS) is 16.2. The Morgan fingerprint density at radius 2 is 1.70 bits per heavy atom. The van der Waals surface area contributed by atoms with E-state index in [-0.39, 0.29) is 11.8 Å². The van der Waals surface area contributed by atoms with Crippen LogP contribution in [-0.4, -0.2) is 22.0 Å². The summed E-state index contributed by atoms with van der Waals surface area (Å²) >= 11 is 0. The van der Waals surface area contributed by atoms with Gasteiger partial charge in [0.25, 0.3) is 0 Å². The molecule has 1 amide bonds. The lowest BCUT2D eigenvalue weighted by atomic mass is 10.1. The molecule has 1 aliphatic rings. The second kappa shape index (κ2) is 7.89. The number of imidazole rings is 1. The topological polar surface area (TPSA) is 38.1 Å². The molecule has 4 nitrogen and oxygen atoms in total. The van der Waals surface area contributed by atoms with E-state index in [1.807, 2.05) is 23.1 Å². The summed E-state index contributed by atoms with van der Waals surface area (Å²) in [6, 6.07) is 31.5. The molecule has 1 fully saturated rings. The lowest BCUT2D eigenvalue weighted by Crippen LogP contribution is -2.24. The number of carbonyl (C=O) groups is 1. The van der Waals surface area contributed by atoms with Gasteiger partial charge in [0.2, 0.25) is 5.91 Å². The van der Waals surface area contributed by atoms with Gasteiger partial charge in [-0.05, 0) is 59.2 Å². The first kappa shape index (κ1) is 19.7. The van der Waals surface area contributed by atoms with E-state index in [0.29, 0.717) is 13.0 Å². The smallest absolute Gasteiger partial charge is 0.227 e. The van der Waals surface area contributed by atoms with E-state index < -0.39 is 0 Å². The lowest BCUT2D eigenvalue weighted by Gasteiger charge is -2.18. The van der Waals surface area contributed by atoms with Crippen LogP contribution >= 0.6 is 0 Å². The van der Waals surface area contributed by atoms with Crippen molar-refractivity contribution in [1.29, 1.82) is 0 Å². The molecule has 6 rings (SSSR count). The van der Waals surface area contributed by atoms with Crippen molar-refractivity contribution in [2.75, 3.05) is 11.4 Å². The highest BCUT2D eigenvalue weighted by molar-refractivity contribution is 5.96. The van der Waals surface area contributed by atoms with Crippen molar-refractivity contribution < 1.29 is 4.79 Å². The third kappa shape index (κ3) is 3.58. The first-order chi connectivity index (χ1) is 16.2. The standard InChI is InChI=1S/C29H25N3O/c1-20-7-6-10-25(15-20)31-19-24(17-28(31)33)29-30-26-11-4-5-12-27(26)32(29)18-21-13-14-22-8-2-3-9-23(22)16-21/h2-16,24H,17-19H2,1H3. The number of carbonyl (C=O) groups excluding carboxylic acids is 1. The van der Waals surface area contributed by atoms with Crippen molar-refractivity contribution in [3.05, 3.63) is 108 Å². The highest BCUT2D eigenvalue weighted by Crippen LogP contribution is 2.34. The molecule has 1 atom stereocenters. The van der Waals surface area contributed by atoms with Crippen LogP contribution < -0.4 is 4.90 Å². The first-order valence-electron chi connectivity index (χ1n) is 11.5. The maximum Gasteiger partial charge on any atom is 0.227 e. The largest absolute Gasteiger partial charge is 0.323 e. The molecule has 0 saturated carbocycles. The highest BCUT2D eigenvalue weighted by atomic mass is 16.2. The Balaban J connectivity index is 1.39. The summed E-state index contributed by atoms with van der Waals surface area (Å²) in [6.45, 7) is 3.45. The molecule has 162 valence electrons. The molecule has 2 heterocycles. The van der Waals surface area contributed by atoms with Crippen LogP contribution in [0.2, 0.25) is 0 Å². The average Bonchev–Trinajstić information content (AvgIpc) is 3.40. The molecule has 5 aromatic rings. The van der Waals surface area contributed by atoms with Crippen LogP contribution in [0.3, 0.4) is 0 Å². The van der Waals surface area contributed by atoms with Crippen molar-refractivity contribution in [1.82, 2.24) is 9.55 Å². The summed E-state index contributed by atoms with van der Waals surface area (Å²) in [5.74, 6) is 1.22. The number of anilines is 1. The number of benzene rings is 4. The molecule has 1 saturated heterocycles. The predicted molar refractivity (Wildman–Crippen MR) is 134 cm³/mol. The van der Waals surface area contributed by atoms with E-state index in [9.17, 15) is 4.79 Å². The minimum atomic E-state index is 0.0610. The van der Waals surface area contributed by atoms with Crippen LogP contribution in [0.1, 0.15) is 29.3 Å². The number of nitrogens with zero attached hydrogens (tertiary/aromatic N) is 3. The number of para-hydroxylation sites is 2. The Bertz CT molecular complexity index is 1500. The first-order valence-corrected chi connectivity index (χ1v) is 11.5. The second-order valence-electron chi connectivity index (χ2n) is 8.97. The van der Waals surface area contributed by atoms with Gasteiger partial charge in [0.05, 0.1) is 11.0 Å². The predicted octanol–water partition coefficient (Wildman–Crippen LogP) is 6.07. The van der Waals surface area contributed by atoms with Gasteiger partial charge in [-0.3, -0.25) is 4.79 Å². The van der Waals surface area contributed by atoms with Gasteiger partial charge in [0, 0.05) is 31.1 Å². The Kier molecular flexibility index (Phi) is 4.72. The Morgan fingerprint density at radius 3 is 2.58 bits per heavy atom. The molecule has 0 radical (unpaired) electrons. The second-order valence-corrected chi connectivity index (χ2v) is 8.97. The Morgan fingerprint density at radius 1 is 0.879 bits per heavy atom. The van der Waals surface area contributed by atoms with Gasteiger partial charge in [0.1, 0.15) is 5.82 Å². The number of hydrogen-bond acceptors (Lipinski definition) is 2.